The molecule has 0 N–H and O–H groups in total. The molecule has 0 fully saturated rings. The van der Waals surface area contributed by atoms with Gasteiger partial charge >= 0.3 is 0 Å². The Labute approximate surface area is 155 Å². The van der Waals surface area contributed by atoms with Gasteiger partial charge in [0, 0.05) is 21.7 Å². The van der Waals surface area contributed by atoms with Crippen LogP contribution < -0.4 is 4.74 Å². The highest BCUT2D eigenvalue weighted by atomic mass is 79.9. The summed E-state index contributed by atoms with van der Waals surface area (Å²) in [4.78, 5) is 0. The van der Waals surface area contributed by atoms with E-state index in [0.717, 1.165) is 20.1 Å². The summed E-state index contributed by atoms with van der Waals surface area (Å²) < 4.78 is 7.39. The summed E-state index contributed by atoms with van der Waals surface area (Å²) in [6.45, 7) is 0.320. The zero-order chi connectivity index (χ0) is 16.1. The van der Waals surface area contributed by atoms with Crippen LogP contribution >= 0.6 is 55.1 Å². The van der Waals surface area contributed by atoms with Gasteiger partial charge in [0.15, 0.2) is 0 Å². The first kappa shape index (κ1) is 17.4. The fourth-order valence-electron chi connectivity index (χ4n) is 1.74. The molecule has 0 saturated carbocycles. The lowest BCUT2D eigenvalue weighted by molar-refractivity contribution is 0.302. The number of hydrogen-bond acceptors (Lipinski definition) is 2. The van der Waals surface area contributed by atoms with Crippen LogP contribution in [0.3, 0.4) is 0 Å². The maximum atomic E-state index is 8.57. The van der Waals surface area contributed by atoms with Crippen LogP contribution in [0.1, 0.15) is 11.1 Å². The molecule has 0 amide bonds. The Kier molecular flexibility index (Phi) is 6.34. The van der Waals surface area contributed by atoms with Crippen molar-refractivity contribution in [2.75, 3.05) is 0 Å². The average molecular weight is 462 g/mol. The first-order valence-corrected chi connectivity index (χ1v) is 8.47. The van der Waals surface area contributed by atoms with Gasteiger partial charge in [0.2, 0.25) is 0 Å². The highest BCUT2D eigenvalue weighted by Crippen LogP contribution is 2.36. The Morgan fingerprint density at radius 2 is 1.82 bits per heavy atom. The van der Waals surface area contributed by atoms with Crippen molar-refractivity contribution in [3.63, 3.8) is 0 Å². The van der Waals surface area contributed by atoms with Gasteiger partial charge in [-0.05, 0) is 67.8 Å². The third-order valence-electron chi connectivity index (χ3n) is 2.76. The lowest BCUT2D eigenvalue weighted by Crippen LogP contribution is -1.98. The van der Waals surface area contributed by atoms with Crippen LogP contribution in [0.25, 0.3) is 6.08 Å². The second-order valence-electron chi connectivity index (χ2n) is 4.30. The van der Waals surface area contributed by atoms with Crippen molar-refractivity contribution in [3.05, 3.63) is 66.5 Å². The summed E-state index contributed by atoms with van der Waals surface area (Å²) in [5.74, 6) is 0.667. The molecular formula is C16H9Br2Cl2NO. The summed E-state index contributed by atoms with van der Waals surface area (Å²) in [5, 5.41) is 9.72. The molecule has 0 saturated heterocycles. The van der Waals surface area contributed by atoms with E-state index in [4.69, 9.17) is 33.2 Å². The smallest absolute Gasteiger partial charge is 0.148 e. The zero-order valence-electron chi connectivity index (χ0n) is 11.1. The number of allylic oxidation sites excluding steroid dienone is 1. The molecule has 0 aliphatic heterocycles. The van der Waals surface area contributed by atoms with Gasteiger partial charge < -0.3 is 4.74 Å². The molecule has 6 heteroatoms. The summed E-state index contributed by atoms with van der Waals surface area (Å²) in [5.41, 5.74) is 1.73. The number of ether oxygens (including phenoxy) is 1. The number of rotatable bonds is 4. The molecule has 0 aliphatic carbocycles. The lowest BCUT2D eigenvalue weighted by Gasteiger charge is -2.12. The molecule has 2 nitrogen and oxygen atoms in total. The molecule has 0 aromatic heterocycles. The van der Waals surface area contributed by atoms with Gasteiger partial charge in [-0.2, -0.15) is 5.26 Å². The third-order valence-corrected chi connectivity index (χ3v) is 4.52. The molecule has 0 atom stereocenters. The monoisotopic (exact) mass is 459 g/mol. The average Bonchev–Trinajstić information content (AvgIpc) is 2.46. The standard InChI is InChI=1S/C16H9Br2Cl2NO/c17-13-6-10(2-1-5-21)7-14(18)16(13)22-9-11-3-4-12(19)8-15(11)20/h1-4,6-8H,9H2. The first-order chi connectivity index (χ1) is 10.5. The predicted octanol–water partition coefficient (Wildman–Crippen LogP) is 6.63. The molecule has 0 heterocycles. The van der Waals surface area contributed by atoms with Gasteiger partial charge in [-0.1, -0.05) is 29.3 Å². The normalized spacial score (nSPS) is 10.7. The van der Waals surface area contributed by atoms with Gasteiger partial charge in [-0.15, -0.1) is 0 Å². The summed E-state index contributed by atoms with van der Waals surface area (Å²) >= 11 is 18.9. The van der Waals surface area contributed by atoms with Crippen molar-refractivity contribution in [1.82, 2.24) is 0 Å². The van der Waals surface area contributed by atoms with E-state index in [-0.39, 0.29) is 0 Å². The minimum Gasteiger partial charge on any atom is -0.486 e. The first-order valence-electron chi connectivity index (χ1n) is 6.13. The van der Waals surface area contributed by atoms with Gasteiger partial charge in [0.1, 0.15) is 12.4 Å². The van der Waals surface area contributed by atoms with Crippen LogP contribution in [0.4, 0.5) is 0 Å². The molecule has 0 radical (unpaired) electrons. The summed E-state index contributed by atoms with van der Waals surface area (Å²) in [6.07, 6.45) is 3.14. The van der Waals surface area contributed by atoms with Crippen LogP contribution in [-0.2, 0) is 6.61 Å². The fourth-order valence-corrected chi connectivity index (χ4v) is 3.65. The van der Waals surface area contributed by atoms with E-state index in [1.54, 1.807) is 18.2 Å². The molecule has 2 rings (SSSR count). The molecule has 0 spiro atoms. The Morgan fingerprint density at radius 3 is 2.41 bits per heavy atom. The quantitative estimate of drug-likeness (QED) is 0.478. The number of benzene rings is 2. The third kappa shape index (κ3) is 4.50. The number of hydrogen-bond donors (Lipinski definition) is 0. The molecule has 2 aromatic carbocycles. The van der Waals surface area contributed by atoms with Crippen LogP contribution in [0.5, 0.6) is 5.75 Å². The highest BCUT2D eigenvalue weighted by Gasteiger charge is 2.10. The van der Waals surface area contributed by atoms with E-state index in [0.29, 0.717) is 22.4 Å². The molecule has 0 unspecified atom stereocenters. The Morgan fingerprint density at radius 1 is 1.14 bits per heavy atom. The summed E-state index contributed by atoms with van der Waals surface area (Å²) in [6, 6.07) is 11.0. The second kappa shape index (κ2) is 8.03. The van der Waals surface area contributed by atoms with Crippen molar-refractivity contribution in [1.29, 1.82) is 5.26 Å². The number of nitriles is 1. The second-order valence-corrected chi connectivity index (χ2v) is 6.85. The van der Waals surface area contributed by atoms with E-state index >= 15 is 0 Å². The van der Waals surface area contributed by atoms with Gasteiger partial charge in [-0.25, -0.2) is 0 Å². The maximum Gasteiger partial charge on any atom is 0.148 e. The molecular weight excluding hydrogens is 453 g/mol. The minimum atomic E-state index is 0.320. The van der Waals surface area contributed by atoms with Crippen molar-refractivity contribution in [3.8, 4) is 11.8 Å². The molecule has 112 valence electrons. The molecule has 0 bridgehead atoms. The number of halogens is 4. The van der Waals surface area contributed by atoms with Crippen molar-refractivity contribution in [2.45, 2.75) is 6.61 Å². The Bertz CT molecular complexity index is 746. The lowest BCUT2D eigenvalue weighted by atomic mass is 10.2. The molecule has 0 aliphatic rings. The van der Waals surface area contributed by atoms with Crippen LogP contribution in [0, 0.1) is 11.3 Å². The molecule has 2 aromatic rings. The Balaban J connectivity index is 2.20. The van der Waals surface area contributed by atoms with Crippen molar-refractivity contribution < 1.29 is 4.74 Å². The van der Waals surface area contributed by atoms with Crippen LogP contribution in [0.15, 0.2) is 45.4 Å². The van der Waals surface area contributed by atoms with Gasteiger partial charge in [-0.3, -0.25) is 0 Å². The minimum absolute atomic E-state index is 0.320. The van der Waals surface area contributed by atoms with Crippen LogP contribution in [0.2, 0.25) is 10.0 Å². The van der Waals surface area contributed by atoms with E-state index in [1.165, 1.54) is 6.08 Å². The predicted molar refractivity (Wildman–Crippen MR) is 97.3 cm³/mol. The topological polar surface area (TPSA) is 33.0 Å². The van der Waals surface area contributed by atoms with Crippen molar-refractivity contribution >= 4 is 61.1 Å². The Hall–Kier alpha value is -0.990. The maximum absolute atomic E-state index is 8.57. The highest BCUT2D eigenvalue weighted by molar-refractivity contribution is 9.11. The van der Waals surface area contributed by atoms with E-state index in [9.17, 15) is 0 Å². The van der Waals surface area contributed by atoms with E-state index in [2.05, 4.69) is 31.9 Å². The van der Waals surface area contributed by atoms with Crippen molar-refractivity contribution in [2.24, 2.45) is 0 Å². The van der Waals surface area contributed by atoms with E-state index < -0.39 is 0 Å². The zero-order valence-corrected chi connectivity index (χ0v) is 15.8. The molecule has 22 heavy (non-hydrogen) atoms. The SMILES string of the molecule is N#CC=Cc1cc(Br)c(OCc2ccc(Cl)cc2Cl)c(Br)c1. The largest absolute Gasteiger partial charge is 0.486 e. The number of nitrogens with zero attached hydrogens (tertiary/aromatic N) is 1. The summed E-state index contributed by atoms with van der Waals surface area (Å²) in [7, 11) is 0. The van der Waals surface area contributed by atoms with Gasteiger partial charge in [0.25, 0.3) is 0 Å². The van der Waals surface area contributed by atoms with Crippen LogP contribution in [-0.4, -0.2) is 0 Å². The van der Waals surface area contributed by atoms with E-state index in [1.807, 2.05) is 24.3 Å². The van der Waals surface area contributed by atoms with Gasteiger partial charge in [0.05, 0.1) is 15.0 Å². The fraction of sp³-hybridized carbons (Fsp3) is 0.0625.